The molecule has 0 spiro atoms. The highest BCUT2D eigenvalue weighted by Crippen LogP contribution is 2.48. The summed E-state index contributed by atoms with van der Waals surface area (Å²) in [6, 6.07) is 6.97. The van der Waals surface area contributed by atoms with Crippen LogP contribution in [-0.4, -0.2) is 98.6 Å². The van der Waals surface area contributed by atoms with E-state index in [0.29, 0.717) is 36.1 Å². The maximum Gasteiger partial charge on any atom is 0.410 e. The fourth-order valence-electron chi connectivity index (χ4n) is 9.54. The summed E-state index contributed by atoms with van der Waals surface area (Å²) in [4.78, 5) is 34.0. The first kappa shape index (κ1) is 34.7. The number of alkyl halides is 1. The van der Waals surface area contributed by atoms with Gasteiger partial charge in [0.2, 0.25) is 5.88 Å². The number of piperazine rings is 1. The van der Waals surface area contributed by atoms with Crippen LogP contribution >= 0.6 is 0 Å². The Morgan fingerprint density at radius 2 is 1.94 bits per heavy atom. The smallest absolute Gasteiger partial charge is 0.410 e. The number of terminal acetylenes is 1. The molecule has 9 rings (SSSR count). The van der Waals surface area contributed by atoms with Crippen molar-refractivity contribution in [2.24, 2.45) is 0 Å². The van der Waals surface area contributed by atoms with Gasteiger partial charge in [-0.25, -0.2) is 22.9 Å². The molecule has 0 saturated carbocycles. The molecule has 13 heteroatoms. The molecule has 280 valence electrons. The lowest BCUT2D eigenvalue weighted by Gasteiger charge is -2.48. The summed E-state index contributed by atoms with van der Waals surface area (Å²) < 4.78 is 66.2. The molecule has 4 aromatic rings. The van der Waals surface area contributed by atoms with Crippen molar-refractivity contribution in [3.8, 4) is 35.5 Å². The fourth-order valence-corrected chi connectivity index (χ4v) is 9.54. The number of anilines is 1. The number of ether oxygens (including phenoxy) is 3. The molecule has 7 heterocycles. The molecule has 4 saturated heterocycles. The highest BCUT2D eigenvalue weighted by molar-refractivity contribution is 6.03. The van der Waals surface area contributed by atoms with Crippen molar-refractivity contribution in [2.75, 3.05) is 31.1 Å². The molecule has 0 aliphatic carbocycles. The van der Waals surface area contributed by atoms with Crippen molar-refractivity contribution >= 4 is 33.6 Å². The zero-order valence-corrected chi connectivity index (χ0v) is 30.7. The topological polar surface area (TPSA) is 93.2 Å². The van der Waals surface area contributed by atoms with E-state index in [0.717, 1.165) is 18.4 Å². The molecule has 0 N–H and O–H groups in total. The quantitative estimate of drug-likeness (QED) is 0.163. The summed E-state index contributed by atoms with van der Waals surface area (Å²) in [6.45, 7) is 13.0. The lowest BCUT2D eigenvalue weighted by molar-refractivity contribution is 0.000937. The normalized spacial score (nSPS) is 27.4. The standard InChI is InChI=1S/C41H41F3N6O4/c1-7-26-28(43)13-11-23-9-8-10-27(30(23)26)33-32(44)34-31-36(47-38(46-34)52-20-41-17-24(42)18-48(41)16-15-21(41)2)49-19-25-12-14-29(35(49)22(3)53-37(31)45-33)50(25)39(51)54-40(4,5)6/h1,8-11,13,22,24-25,29,35H,2,12,14-20H2,3-6H3/t22-,24+,25+,29-,35+,41+/m0/s1. The molecular weight excluding hydrogens is 697 g/mol. The Bertz CT molecular complexity index is 2310. The monoisotopic (exact) mass is 738 g/mol. The summed E-state index contributed by atoms with van der Waals surface area (Å²) in [5.41, 5.74) is -0.519. The Morgan fingerprint density at radius 3 is 2.72 bits per heavy atom. The van der Waals surface area contributed by atoms with Crippen LogP contribution in [0.5, 0.6) is 11.9 Å². The number of nitrogens with zero attached hydrogens (tertiary/aromatic N) is 6. The van der Waals surface area contributed by atoms with Gasteiger partial charge >= 0.3 is 12.1 Å². The first-order valence-corrected chi connectivity index (χ1v) is 18.5. The fraction of sp³-hybridized carbons (Fsp3) is 0.463. The number of benzene rings is 2. The number of hydrogen-bond donors (Lipinski definition) is 0. The molecule has 0 radical (unpaired) electrons. The number of hydrogen-bond acceptors (Lipinski definition) is 9. The van der Waals surface area contributed by atoms with E-state index in [1.54, 1.807) is 24.3 Å². The van der Waals surface area contributed by atoms with Crippen LogP contribution in [0.15, 0.2) is 42.5 Å². The van der Waals surface area contributed by atoms with Gasteiger partial charge in [-0.1, -0.05) is 42.3 Å². The largest absolute Gasteiger partial charge is 0.472 e. The van der Waals surface area contributed by atoms with Gasteiger partial charge in [0.1, 0.15) is 52.7 Å². The van der Waals surface area contributed by atoms with Crippen LogP contribution < -0.4 is 14.4 Å². The summed E-state index contributed by atoms with van der Waals surface area (Å²) in [7, 11) is 0. The van der Waals surface area contributed by atoms with E-state index in [2.05, 4.69) is 27.3 Å². The second-order valence-corrected chi connectivity index (χ2v) is 16.2. The average Bonchev–Trinajstić information content (AvgIpc) is 3.70. The van der Waals surface area contributed by atoms with Crippen molar-refractivity contribution in [3.63, 3.8) is 0 Å². The minimum Gasteiger partial charge on any atom is -0.472 e. The highest BCUT2D eigenvalue weighted by atomic mass is 19.1. The van der Waals surface area contributed by atoms with Crippen LogP contribution in [-0.2, 0) is 4.74 Å². The maximum absolute atomic E-state index is 17.4. The average molecular weight is 739 g/mol. The van der Waals surface area contributed by atoms with E-state index in [4.69, 9.17) is 30.6 Å². The molecular formula is C41H41F3N6O4. The molecule has 0 unspecified atom stereocenters. The van der Waals surface area contributed by atoms with Gasteiger partial charge in [-0.3, -0.25) is 9.80 Å². The van der Waals surface area contributed by atoms with Gasteiger partial charge < -0.3 is 19.1 Å². The highest BCUT2D eigenvalue weighted by Gasteiger charge is 2.55. The van der Waals surface area contributed by atoms with Crippen LogP contribution in [0.25, 0.3) is 32.9 Å². The first-order valence-electron chi connectivity index (χ1n) is 18.5. The van der Waals surface area contributed by atoms with Gasteiger partial charge in [-0.15, -0.1) is 6.42 Å². The minimum absolute atomic E-state index is 0.0179. The molecule has 1 amide bonds. The SMILES string of the molecule is C#Cc1c(F)ccc2cccc(-c3nc4c5c(nc(OC[C@@]67C[C@@H](F)CN6CCC7=C)nc5c3F)N3C[C@H]5CC[C@@H]([C@H]3[C@H](C)O4)N5C(=O)OC(C)(C)C)c12. The third kappa shape index (κ3) is 5.20. The van der Waals surface area contributed by atoms with Gasteiger partial charge in [-0.05, 0) is 58.4 Å². The zero-order valence-electron chi connectivity index (χ0n) is 30.7. The third-order valence-corrected chi connectivity index (χ3v) is 11.8. The molecule has 2 bridgehead atoms. The first-order chi connectivity index (χ1) is 25.8. The molecule has 54 heavy (non-hydrogen) atoms. The number of carbonyl (C=O) groups excluding carboxylic acids is 1. The second-order valence-electron chi connectivity index (χ2n) is 16.2. The number of pyridine rings is 1. The van der Waals surface area contributed by atoms with E-state index >= 15 is 8.78 Å². The van der Waals surface area contributed by atoms with Crippen LogP contribution in [0.2, 0.25) is 0 Å². The Kier molecular flexibility index (Phi) is 7.84. The van der Waals surface area contributed by atoms with Crippen molar-refractivity contribution in [2.45, 2.75) is 94.9 Å². The minimum atomic E-state index is -1.03. The van der Waals surface area contributed by atoms with E-state index in [9.17, 15) is 9.18 Å². The lowest BCUT2D eigenvalue weighted by atomic mass is 9.90. The number of amides is 1. The van der Waals surface area contributed by atoms with E-state index in [-0.39, 0.29) is 71.3 Å². The number of rotatable bonds is 4. The van der Waals surface area contributed by atoms with Crippen LogP contribution in [0, 0.1) is 24.0 Å². The Labute approximate surface area is 311 Å². The van der Waals surface area contributed by atoms with Crippen molar-refractivity contribution in [1.29, 1.82) is 0 Å². The molecule has 10 nitrogen and oxygen atoms in total. The van der Waals surface area contributed by atoms with Crippen molar-refractivity contribution < 1.29 is 32.2 Å². The van der Waals surface area contributed by atoms with E-state index in [1.807, 2.05) is 32.6 Å². The van der Waals surface area contributed by atoms with Crippen molar-refractivity contribution in [3.05, 3.63) is 59.7 Å². The number of halogens is 3. The summed E-state index contributed by atoms with van der Waals surface area (Å²) in [5, 5.41) is 1.19. The van der Waals surface area contributed by atoms with E-state index < -0.39 is 47.2 Å². The number of carbonyl (C=O) groups is 1. The Balaban J connectivity index is 1.22. The molecule has 2 aromatic heterocycles. The predicted molar refractivity (Wildman–Crippen MR) is 197 cm³/mol. The molecule has 5 aliphatic rings. The molecule has 5 aliphatic heterocycles. The Hall–Kier alpha value is -5.09. The summed E-state index contributed by atoms with van der Waals surface area (Å²) in [5.74, 6) is 1.48. The maximum atomic E-state index is 17.4. The van der Waals surface area contributed by atoms with Gasteiger partial charge in [0.05, 0.1) is 29.2 Å². The van der Waals surface area contributed by atoms with Crippen molar-refractivity contribution in [1.82, 2.24) is 24.8 Å². The van der Waals surface area contributed by atoms with Gasteiger partial charge in [-0.2, -0.15) is 9.97 Å². The van der Waals surface area contributed by atoms with Gasteiger partial charge in [0.15, 0.2) is 5.82 Å². The summed E-state index contributed by atoms with van der Waals surface area (Å²) >= 11 is 0. The second kappa shape index (κ2) is 12.2. The lowest BCUT2D eigenvalue weighted by Crippen LogP contribution is -2.65. The third-order valence-electron chi connectivity index (χ3n) is 11.8. The Morgan fingerprint density at radius 1 is 1.13 bits per heavy atom. The van der Waals surface area contributed by atoms with Gasteiger partial charge in [0.25, 0.3) is 0 Å². The van der Waals surface area contributed by atoms with Crippen LogP contribution in [0.4, 0.5) is 23.8 Å². The van der Waals surface area contributed by atoms with Gasteiger partial charge in [0, 0.05) is 37.0 Å². The van der Waals surface area contributed by atoms with Crippen LogP contribution in [0.3, 0.4) is 0 Å². The summed E-state index contributed by atoms with van der Waals surface area (Å²) in [6.07, 6.45) is 6.19. The molecule has 4 fully saturated rings. The molecule has 2 aromatic carbocycles. The zero-order chi connectivity index (χ0) is 37.8. The molecule has 6 atom stereocenters. The predicted octanol–water partition coefficient (Wildman–Crippen LogP) is 6.96. The van der Waals surface area contributed by atoms with E-state index in [1.165, 1.54) is 6.07 Å². The van der Waals surface area contributed by atoms with Crippen LogP contribution in [0.1, 0.15) is 58.9 Å². The number of aromatic nitrogens is 3. The number of fused-ring (bicyclic) bond motifs is 7.